The van der Waals surface area contributed by atoms with E-state index in [2.05, 4.69) is 20.8 Å². The maximum atomic E-state index is 2.38. The molecule has 0 aliphatic heterocycles. The highest BCUT2D eigenvalue weighted by atomic mass is 14.3. The van der Waals surface area contributed by atoms with Crippen LogP contribution in [0.5, 0.6) is 0 Å². The van der Waals surface area contributed by atoms with Crippen LogP contribution in [-0.2, 0) is 0 Å². The van der Waals surface area contributed by atoms with E-state index in [0.717, 1.165) is 17.8 Å². The first-order valence-corrected chi connectivity index (χ1v) is 3.72. The predicted octanol–water partition coefficient (Wildman–Crippen LogP) is 2.69. The molecule has 8 heavy (non-hydrogen) atoms. The second-order valence-corrected chi connectivity index (χ2v) is 3.39. The van der Waals surface area contributed by atoms with Crippen molar-refractivity contribution in [2.24, 2.45) is 17.8 Å². The van der Waals surface area contributed by atoms with Crippen molar-refractivity contribution in [3.8, 4) is 0 Å². The Kier molecular flexibility index (Phi) is 1.59. The Morgan fingerprint density at radius 1 is 0.875 bits per heavy atom. The van der Waals surface area contributed by atoms with Gasteiger partial charge < -0.3 is 0 Å². The van der Waals surface area contributed by atoms with E-state index in [1.165, 1.54) is 12.8 Å². The zero-order valence-electron chi connectivity index (χ0n) is 6.15. The minimum atomic E-state index is 0.981. The Hall–Kier alpha value is 0. The van der Waals surface area contributed by atoms with Gasteiger partial charge in [0.2, 0.25) is 0 Å². The van der Waals surface area contributed by atoms with Crippen LogP contribution in [0.2, 0.25) is 0 Å². The van der Waals surface area contributed by atoms with Gasteiger partial charge in [-0.3, -0.25) is 0 Å². The first-order valence-electron chi connectivity index (χ1n) is 3.72. The van der Waals surface area contributed by atoms with Gasteiger partial charge in [0.1, 0.15) is 0 Å². The predicted molar refractivity (Wildman–Crippen MR) is 36.7 cm³/mol. The number of hydrogen-bond acceptors (Lipinski definition) is 0. The van der Waals surface area contributed by atoms with Crippen molar-refractivity contribution in [3.05, 3.63) is 0 Å². The Bertz CT molecular complexity index is 66.1. The molecule has 0 nitrogen and oxygen atoms in total. The summed E-state index contributed by atoms with van der Waals surface area (Å²) in [4.78, 5) is 0. The second kappa shape index (κ2) is 2.08. The third kappa shape index (κ3) is 0.888. The fourth-order valence-electron chi connectivity index (χ4n) is 1.61. The summed E-state index contributed by atoms with van der Waals surface area (Å²) < 4.78 is 0. The first kappa shape index (κ1) is 6.12. The molecule has 1 saturated carbocycles. The summed E-state index contributed by atoms with van der Waals surface area (Å²) in [5.74, 6) is 2.96. The molecule has 0 bridgehead atoms. The molecule has 1 aliphatic rings. The van der Waals surface area contributed by atoms with Gasteiger partial charge in [-0.15, -0.1) is 0 Å². The number of rotatable bonds is 0. The molecule has 0 amide bonds. The molecule has 48 valence electrons. The van der Waals surface area contributed by atoms with Crippen molar-refractivity contribution >= 4 is 0 Å². The van der Waals surface area contributed by atoms with Crippen LogP contribution in [0, 0.1) is 17.8 Å². The molecule has 0 aromatic heterocycles. The molecule has 0 heterocycles. The summed E-state index contributed by atoms with van der Waals surface area (Å²) in [5.41, 5.74) is 0. The molecule has 0 N–H and O–H groups in total. The van der Waals surface area contributed by atoms with Crippen LogP contribution in [0.4, 0.5) is 0 Å². The standard InChI is InChI=1S/C8H16/c1-6-4-5-7(2)8(6)3/h6-8H,4-5H2,1-3H3/t6-,7?,8?/m0/s1. The van der Waals surface area contributed by atoms with Gasteiger partial charge in [0.15, 0.2) is 0 Å². The third-order valence-corrected chi connectivity index (χ3v) is 2.87. The van der Waals surface area contributed by atoms with Crippen LogP contribution in [-0.4, -0.2) is 0 Å². The second-order valence-electron chi connectivity index (χ2n) is 3.39. The van der Waals surface area contributed by atoms with Gasteiger partial charge in [-0.1, -0.05) is 33.6 Å². The zero-order chi connectivity index (χ0) is 6.15. The van der Waals surface area contributed by atoms with Crippen LogP contribution in [0.3, 0.4) is 0 Å². The van der Waals surface area contributed by atoms with Crippen molar-refractivity contribution in [2.75, 3.05) is 0 Å². The summed E-state index contributed by atoms with van der Waals surface area (Å²) in [7, 11) is 0. The third-order valence-electron chi connectivity index (χ3n) is 2.87. The molecule has 3 atom stereocenters. The van der Waals surface area contributed by atoms with Gasteiger partial charge in [0.05, 0.1) is 0 Å². The van der Waals surface area contributed by atoms with Gasteiger partial charge in [-0.2, -0.15) is 0 Å². The average molecular weight is 112 g/mol. The van der Waals surface area contributed by atoms with Gasteiger partial charge >= 0.3 is 0 Å². The van der Waals surface area contributed by atoms with Crippen LogP contribution >= 0.6 is 0 Å². The molecule has 0 aromatic carbocycles. The summed E-state index contributed by atoms with van der Waals surface area (Å²) in [5, 5.41) is 0. The van der Waals surface area contributed by atoms with Crippen LogP contribution < -0.4 is 0 Å². The molecule has 2 unspecified atom stereocenters. The highest BCUT2D eigenvalue weighted by Gasteiger charge is 2.25. The van der Waals surface area contributed by atoms with Crippen molar-refractivity contribution in [3.63, 3.8) is 0 Å². The van der Waals surface area contributed by atoms with E-state index >= 15 is 0 Å². The van der Waals surface area contributed by atoms with Crippen molar-refractivity contribution < 1.29 is 0 Å². The van der Waals surface area contributed by atoms with Crippen molar-refractivity contribution in [1.82, 2.24) is 0 Å². The average Bonchev–Trinajstić information content (AvgIpc) is 1.98. The fraction of sp³-hybridized carbons (Fsp3) is 1.00. The maximum absolute atomic E-state index is 2.38. The Morgan fingerprint density at radius 2 is 1.25 bits per heavy atom. The molecule has 1 rings (SSSR count). The molecular formula is C8H16. The monoisotopic (exact) mass is 112 g/mol. The summed E-state index contributed by atoms with van der Waals surface area (Å²) in [6, 6.07) is 0. The Balaban J connectivity index is 2.44. The fourth-order valence-corrected chi connectivity index (χ4v) is 1.61. The molecule has 1 fully saturated rings. The largest absolute Gasteiger partial charge is 0.0622 e. The lowest BCUT2D eigenvalue weighted by atomic mass is 9.94. The highest BCUT2D eigenvalue weighted by molar-refractivity contribution is 4.75. The molecule has 0 aromatic rings. The first-order chi connectivity index (χ1) is 3.72. The highest BCUT2D eigenvalue weighted by Crippen LogP contribution is 2.35. The summed E-state index contributed by atoms with van der Waals surface area (Å²) >= 11 is 0. The van der Waals surface area contributed by atoms with Gasteiger partial charge in [-0.25, -0.2) is 0 Å². The zero-order valence-corrected chi connectivity index (χ0v) is 6.15. The van der Waals surface area contributed by atoms with Gasteiger partial charge in [0.25, 0.3) is 0 Å². The lowest BCUT2D eigenvalue weighted by Crippen LogP contribution is -2.04. The molecule has 0 radical (unpaired) electrons. The molecule has 0 saturated heterocycles. The van der Waals surface area contributed by atoms with E-state index in [1.807, 2.05) is 0 Å². The van der Waals surface area contributed by atoms with E-state index in [1.54, 1.807) is 0 Å². The molecule has 1 aliphatic carbocycles. The Morgan fingerprint density at radius 3 is 1.38 bits per heavy atom. The molecular weight excluding hydrogens is 96.1 g/mol. The normalized spacial score (nSPS) is 47.6. The minimum absolute atomic E-state index is 0.981. The summed E-state index contributed by atoms with van der Waals surface area (Å²) in [6.45, 7) is 7.12. The van der Waals surface area contributed by atoms with Crippen LogP contribution in [0.1, 0.15) is 33.6 Å². The van der Waals surface area contributed by atoms with E-state index < -0.39 is 0 Å². The number of hydrogen-bond donors (Lipinski definition) is 0. The quantitative estimate of drug-likeness (QED) is 0.452. The van der Waals surface area contributed by atoms with Gasteiger partial charge in [-0.05, 0) is 17.8 Å². The van der Waals surface area contributed by atoms with E-state index in [-0.39, 0.29) is 0 Å². The van der Waals surface area contributed by atoms with Crippen LogP contribution in [0.25, 0.3) is 0 Å². The van der Waals surface area contributed by atoms with Crippen molar-refractivity contribution in [1.29, 1.82) is 0 Å². The van der Waals surface area contributed by atoms with E-state index in [0.29, 0.717) is 0 Å². The summed E-state index contributed by atoms with van der Waals surface area (Å²) in [6.07, 6.45) is 2.92. The maximum Gasteiger partial charge on any atom is -0.0391 e. The molecule has 0 heteroatoms. The lowest BCUT2D eigenvalue weighted by molar-refractivity contribution is 0.380. The molecule has 0 spiro atoms. The van der Waals surface area contributed by atoms with Gasteiger partial charge in [0, 0.05) is 0 Å². The smallest absolute Gasteiger partial charge is 0.0391 e. The SMILES string of the molecule is CC1CC[C@H](C)C1C. The Labute approximate surface area is 52.3 Å². The van der Waals surface area contributed by atoms with E-state index in [9.17, 15) is 0 Å². The van der Waals surface area contributed by atoms with Crippen molar-refractivity contribution in [2.45, 2.75) is 33.6 Å². The van der Waals surface area contributed by atoms with E-state index in [4.69, 9.17) is 0 Å². The van der Waals surface area contributed by atoms with Crippen LogP contribution in [0.15, 0.2) is 0 Å². The topological polar surface area (TPSA) is 0 Å². The lowest BCUT2D eigenvalue weighted by Gasteiger charge is -2.11. The minimum Gasteiger partial charge on any atom is -0.0622 e.